The van der Waals surface area contributed by atoms with Crippen molar-refractivity contribution >= 4 is 5.65 Å². The molecule has 1 N–H and O–H groups in total. The lowest BCUT2D eigenvalue weighted by atomic mass is 10.4. The highest BCUT2D eigenvalue weighted by atomic mass is 16.7. The predicted octanol–water partition coefficient (Wildman–Crippen LogP) is -0.337. The number of nitrogens with zero attached hydrogens (tertiary/aromatic N) is 4. The number of aromatic nitrogens is 3. The van der Waals surface area contributed by atoms with Gasteiger partial charge in [-0.15, -0.1) is 5.10 Å². The van der Waals surface area contributed by atoms with Crippen LogP contribution >= 0.6 is 0 Å². The summed E-state index contributed by atoms with van der Waals surface area (Å²) in [7, 11) is 0. The van der Waals surface area contributed by atoms with Crippen LogP contribution in [0.15, 0.2) is 35.5 Å². The Kier molecular flexibility index (Phi) is 1.74. The normalized spacial score (nSPS) is 14.7. The van der Waals surface area contributed by atoms with E-state index in [2.05, 4.69) is 10.7 Å². The Morgan fingerprint density at radius 2 is 2.31 bits per heavy atom. The topological polar surface area (TPSA) is 63.8 Å². The van der Waals surface area contributed by atoms with Crippen LogP contribution in [0.1, 0.15) is 5.69 Å². The first-order valence-electron chi connectivity index (χ1n) is 4.72. The maximum Gasteiger partial charge on any atom is 0.371 e. The Bertz CT molecular complexity index is 626. The molecule has 2 aromatic heterocycles. The molecular weight excluding hydrogens is 210 g/mol. The van der Waals surface area contributed by atoms with Crippen LogP contribution in [-0.4, -0.2) is 14.3 Å². The highest BCUT2D eigenvalue weighted by Crippen LogP contribution is 2.01. The van der Waals surface area contributed by atoms with Crippen molar-refractivity contribution in [3.63, 3.8) is 0 Å². The molecule has 0 amide bonds. The van der Waals surface area contributed by atoms with Gasteiger partial charge in [0, 0.05) is 5.69 Å². The van der Waals surface area contributed by atoms with Crippen LogP contribution in [0.5, 0.6) is 0 Å². The summed E-state index contributed by atoms with van der Waals surface area (Å²) in [6.07, 6.45) is 2.98. The molecule has 7 nitrogen and oxygen atoms in total. The molecule has 0 bridgehead atoms. The highest BCUT2D eigenvalue weighted by molar-refractivity contribution is 5.38. The van der Waals surface area contributed by atoms with E-state index in [0.717, 1.165) is 5.69 Å². The summed E-state index contributed by atoms with van der Waals surface area (Å²) in [6, 6.07) is 5.47. The van der Waals surface area contributed by atoms with Gasteiger partial charge in [-0.3, -0.25) is 0 Å². The molecule has 1 aliphatic heterocycles. The second-order valence-corrected chi connectivity index (χ2v) is 3.37. The van der Waals surface area contributed by atoms with Gasteiger partial charge in [-0.05, 0) is 24.6 Å². The van der Waals surface area contributed by atoms with Gasteiger partial charge < -0.3 is 4.84 Å². The Balaban J connectivity index is 2.27. The zero-order valence-corrected chi connectivity index (χ0v) is 8.49. The molecule has 0 saturated heterocycles. The predicted molar refractivity (Wildman–Crippen MR) is 55.8 cm³/mol. The van der Waals surface area contributed by atoms with Crippen LogP contribution < -0.4 is 16.4 Å². The molecule has 0 atom stereocenters. The van der Waals surface area contributed by atoms with Crippen molar-refractivity contribution in [2.75, 3.05) is 5.12 Å². The van der Waals surface area contributed by atoms with Gasteiger partial charge in [-0.25, -0.2) is 9.20 Å². The molecular formula is C9H9N5O2. The first-order valence-corrected chi connectivity index (χ1v) is 4.72. The van der Waals surface area contributed by atoms with Crippen molar-refractivity contribution in [3.05, 3.63) is 46.8 Å². The van der Waals surface area contributed by atoms with Gasteiger partial charge in [-0.1, -0.05) is 10.9 Å². The zero-order chi connectivity index (χ0) is 11.1. The maximum atomic E-state index is 12.0. The molecule has 0 aliphatic carbocycles. The third-order valence-corrected chi connectivity index (χ3v) is 2.34. The van der Waals surface area contributed by atoms with E-state index in [1.165, 1.54) is 20.6 Å². The van der Waals surface area contributed by atoms with Crippen LogP contribution in [0.2, 0.25) is 0 Å². The number of hydrogen-bond donors (Lipinski definition) is 1. The van der Waals surface area contributed by atoms with Crippen LogP contribution in [0.3, 0.4) is 0 Å². The summed E-state index contributed by atoms with van der Waals surface area (Å²) in [5.74, 6) is 0. The molecule has 3 heterocycles. The van der Waals surface area contributed by atoms with Crippen LogP contribution in [-0.2, 0) is 4.84 Å². The number of hydrazine groups is 1. The summed E-state index contributed by atoms with van der Waals surface area (Å²) < 4.78 is 1.52. The summed E-state index contributed by atoms with van der Waals surface area (Å²) in [6.45, 7) is 1.85. The van der Waals surface area contributed by atoms with E-state index in [0.29, 0.717) is 5.65 Å². The molecule has 0 aromatic carbocycles. The first kappa shape index (κ1) is 8.98. The minimum atomic E-state index is -0.254. The second-order valence-electron chi connectivity index (χ2n) is 3.37. The third kappa shape index (κ3) is 1.12. The average molecular weight is 219 g/mol. The van der Waals surface area contributed by atoms with Crippen molar-refractivity contribution in [2.24, 2.45) is 0 Å². The van der Waals surface area contributed by atoms with Crippen LogP contribution in [0.25, 0.3) is 5.65 Å². The van der Waals surface area contributed by atoms with E-state index >= 15 is 0 Å². The average Bonchev–Trinajstić information content (AvgIpc) is 2.86. The molecule has 0 radical (unpaired) electrons. The van der Waals surface area contributed by atoms with E-state index in [-0.39, 0.29) is 5.69 Å². The Labute approximate surface area is 90.0 Å². The minimum Gasteiger partial charge on any atom is -0.393 e. The van der Waals surface area contributed by atoms with Gasteiger partial charge in [0.25, 0.3) is 0 Å². The fourth-order valence-corrected chi connectivity index (χ4v) is 1.60. The monoisotopic (exact) mass is 219 g/mol. The van der Waals surface area contributed by atoms with Crippen LogP contribution in [0.4, 0.5) is 0 Å². The smallest absolute Gasteiger partial charge is 0.371 e. The molecule has 0 spiro atoms. The maximum absolute atomic E-state index is 12.0. The summed E-state index contributed by atoms with van der Waals surface area (Å²) in [5.41, 5.74) is 3.67. The van der Waals surface area contributed by atoms with Crippen molar-refractivity contribution in [1.29, 1.82) is 0 Å². The van der Waals surface area contributed by atoms with E-state index in [1.807, 2.05) is 19.1 Å². The van der Waals surface area contributed by atoms with Gasteiger partial charge in [-0.2, -0.15) is 5.12 Å². The molecule has 7 heteroatoms. The molecule has 0 saturated carbocycles. The molecule has 0 fully saturated rings. The largest absolute Gasteiger partial charge is 0.393 e. The number of hydrogen-bond acceptors (Lipinski definition) is 5. The van der Waals surface area contributed by atoms with E-state index in [4.69, 9.17) is 4.84 Å². The molecule has 16 heavy (non-hydrogen) atoms. The lowest BCUT2D eigenvalue weighted by Crippen LogP contribution is -2.44. The minimum absolute atomic E-state index is 0.254. The molecule has 82 valence electrons. The summed E-state index contributed by atoms with van der Waals surface area (Å²) in [4.78, 5) is 18.0. The zero-order valence-electron chi connectivity index (χ0n) is 8.49. The number of pyridine rings is 1. The van der Waals surface area contributed by atoms with Crippen LogP contribution in [0, 0.1) is 6.92 Å². The van der Waals surface area contributed by atoms with Crippen molar-refractivity contribution in [1.82, 2.24) is 19.9 Å². The summed E-state index contributed by atoms with van der Waals surface area (Å²) in [5, 5.41) is 5.51. The second kappa shape index (κ2) is 3.11. The summed E-state index contributed by atoms with van der Waals surface area (Å²) >= 11 is 0. The fourth-order valence-electron chi connectivity index (χ4n) is 1.60. The molecule has 0 unspecified atom stereocenters. The first-order chi connectivity index (χ1) is 7.77. The highest BCUT2D eigenvalue weighted by Gasteiger charge is 2.15. The molecule has 1 aliphatic rings. The van der Waals surface area contributed by atoms with Gasteiger partial charge in [0.05, 0.1) is 6.20 Å². The molecule has 3 rings (SSSR count). The standard InChI is InChI=1S/C9H9N5O2/c1-7-3-2-4-8-10-14(9(15)13(7)8)12-5-6-16-11-12/h2-6,11H,1H3. The lowest BCUT2D eigenvalue weighted by Gasteiger charge is -2.10. The Morgan fingerprint density at radius 3 is 3.00 bits per heavy atom. The number of nitrogens with one attached hydrogen (secondary N) is 1. The van der Waals surface area contributed by atoms with Gasteiger partial charge >= 0.3 is 5.69 Å². The third-order valence-electron chi connectivity index (χ3n) is 2.34. The number of rotatable bonds is 1. The van der Waals surface area contributed by atoms with Crippen molar-refractivity contribution in [3.8, 4) is 0 Å². The van der Waals surface area contributed by atoms with E-state index in [1.54, 1.807) is 12.3 Å². The van der Waals surface area contributed by atoms with Gasteiger partial charge in [0.1, 0.15) is 6.26 Å². The quantitative estimate of drug-likeness (QED) is 0.711. The lowest BCUT2D eigenvalue weighted by molar-refractivity contribution is 0.135. The van der Waals surface area contributed by atoms with Gasteiger partial charge in [0.2, 0.25) is 0 Å². The van der Waals surface area contributed by atoms with Crippen molar-refractivity contribution in [2.45, 2.75) is 6.92 Å². The Hall–Kier alpha value is -2.28. The Morgan fingerprint density at radius 1 is 1.44 bits per heavy atom. The number of fused-ring (bicyclic) bond motifs is 1. The van der Waals surface area contributed by atoms with Gasteiger partial charge in [0.15, 0.2) is 5.65 Å². The SMILES string of the molecule is Cc1cccc2nn(N3C=CON3)c(=O)n12. The fraction of sp³-hybridized carbons (Fsp3) is 0.111. The number of aryl methyl sites for hydroxylation is 1. The van der Waals surface area contributed by atoms with Crippen molar-refractivity contribution < 1.29 is 4.84 Å². The molecule has 2 aromatic rings. The van der Waals surface area contributed by atoms with E-state index < -0.39 is 0 Å². The van der Waals surface area contributed by atoms with E-state index in [9.17, 15) is 4.79 Å².